The van der Waals surface area contributed by atoms with E-state index in [0.717, 1.165) is 28.0 Å². The third-order valence-electron chi connectivity index (χ3n) is 4.19. The smallest absolute Gasteiger partial charge is 0.306 e. The van der Waals surface area contributed by atoms with E-state index in [-0.39, 0.29) is 11.7 Å². The van der Waals surface area contributed by atoms with Crippen LogP contribution in [-0.2, 0) is 6.54 Å². The second-order valence-corrected chi connectivity index (χ2v) is 5.98. The summed E-state index contributed by atoms with van der Waals surface area (Å²) in [6, 6.07) is 15.9. The number of nitrogens with zero attached hydrogens (tertiary/aromatic N) is 3. The van der Waals surface area contributed by atoms with Gasteiger partial charge in [-0.2, -0.15) is 0 Å². The van der Waals surface area contributed by atoms with Crippen LogP contribution in [0.15, 0.2) is 59.5 Å². The number of imidazole rings is 1. The van der Waals surface area contributed by atoms with Gasteiger partial charge in [-0.3, -0.25) is 0 Å². The molecule has 4 aromatic rings. The van der Waals surface area contributed by atoms with Crippen molar-refractivity contribution in [3.05, 3.63) is 76.5 Å². The molecule has 0 aliphatic carbocycles. The maximum Gasteiger partial charge on any atom is 0.323 e. The van der Waals surface area contributed by atoms with Crippen molar-refractivity contribution in [3.8, 4) is 5.69 Å². The fraction of sp³-hybridized carbons (Fsp3) is 0.167. The number of hydrogen-bond acceptors (Lipinski definition) is 4. The van der Waals surface area contributed by atoms with Crippen LogP contribution in [0, 0.1) is 0 Å². The molecule has 0 fully saturated rings. The molecule has 0 aliphatic heterocycles. The quantitative estimate of drug-likeness (QED) is 0.522. The van der Waals surface area contributed by atoms with Gasteiger partial charge >= 0.3 is 5.69 Å². The maximum absolute atomic E-state index is 11.4. The minimum absolute atomic E-state index is 0.115. The largest absolute Gasteiger partial charge is 0.323 e. The van der Waals surface area contributed by atoms with E-state index >= 15 is 0 Å². The number of benzene rings is 2. The number of H-pyrrole nitrogens is 2. The summed E-state index contributed by atoms with van der Waals surface area (Å²) in [5.74, 6) is 0. The van der Waals surface area contributed by atoms with Gasteiger partial charge in [0.1, 0.15) is 0 Å². The second kappa shape index (κ2) is 6.37. The van der Waals surface area contributed by atoms with Gasteiger partial charge in [0.25, 0.3) is 0 Å². The average molecular weight is 334 g/mol. The Hall–Kier alpha value is -3.19. The highest BCUT2D eigenvalue weighted by molar-refractivity contribution is 5.75. The van der Waals surface area contributed by atoms with Crippen molar-refractivity contribution in [2.75, 3.05) is 0 Å². The van der Waals surface area contributed by atoms with E-state index in [9.17, 15) is 4.79 Å². The number of para-hydroxylation sites is 1. The van der Waals surface area contributed by atoms with Crippen LogP contribution < -0.4 is 11.0 Å². The number of hydrogen-bond donors (Lipinski definition) is 3. The molecule has 2 aromatic heterocycles. The molecule has 0 saturated carbocycles. The predicted molar refractivity (Wildman–Crippen MR) is 95.5 cm³/mol. The standard InChI is InChI=1S/C18H18N6O/c1-12(13-7-8-16-17(9-13)21-18(25)20-16)19-10-14-11-24(23-22-14)15-5-3-2-4-6-15/h2-9,11-12,19H,10H2,1H3,(H2,20,21,25). The summed E-state index contributed by atoms with van der Waals surface area (Å²) in [5.41, 5.74) is 4.38. The lowest BCUT2D eigenvalue weighted by Gasteiger charge is -2.13. The third kappa shape index (κ3) is 3.22. The monoisotopic (exact) mass is 334 g/mol. The SMILES string of the molecule is CC(NCc1cn(-c2ccccc2)nn1)c1ccc2[nH]c(=O)[nH]c2c1. The van der Waals surface area contributed by atoms with Gasteiger partial charge in [0.2, 0.25) is 0 Å². The zero-order valence-corrected chi connectivity index (χ0v) is 13.7. The van der Waals surface area contributed by atoms with E-state index in [1.54, 1.807) is 4.68 Å². The minimum atomic E-state index is -0.190. The summed E-state index contributed by atoms with van der Waals surface area (Å²) in [6.07, 6.45) is 1.92. The first kappa shape index (κ1) is 15.3. The predicted octanol–water partition coefficient (Wildman–Crippen LogP) is 2.29. The van der Waals surface area contributed by atoms with Crippen LogP contribution in [0.4, 0.5) is 0 Å². The molecule has 1 atom stereocenters. The third-order valence-corrected chi connectivity index (χ3v) is 4.19. The Morgan fingerprint density at radius 3 is 2.76 bits per heavy atom. The summed E-state index contributed by atoms with van der Waals surface area (Å²) in [5, 5.41) is 11.8. The fourth-order valence-electron chi connectivity index (χ4n) is 2.78. The second-order valence-electron chi connectivity index (χ2n) is 5.98. The number of nitrogens with one attached hydrogen (secondary N) is 3. The van der Waals surface area contributed by atoms with Gasteiger partial charge in [0, 0.05) is 12.6 Å². The molecule has 126 valence electrons. The van der Waals surface area contributed by atoms with Gasteiger partial charge in [0.05, 0.1) is 28.6 Å². The van der Waals surface area contributed by atoms with Gasteiger partial charge in [-0.15, -0.1) is 5.10 Å². The van der Waals surface area contributed by atoms with Gasteiger partial charge in [0.15, 0.2) is 0 Å². The summed E-state index contributed by atoms with van der Waals surface area (Å²) >= 11 is 0. The van der Waals surface area contributed by atoms with Crippen LogP contribution in [0.1, 0.15) is 24.2 Å². The number of rotatable bonds is 5. The molecule has 2 aromatic carbocycles. The Balaban J connectivity index is 1.45. The molecule has 0 spiro atoms. The Morgan fingerprint density at radius 2 is 1.92 bits per heavy atom. The lowest BCUT2D eigenvalue weighted by atomic mass is 10.1. The van der Waals surface area contributed by atoms with Crippen molar-refractivity contribution >= 4 is 11.0 Å². The highest BCUT2D eigenvalue weighted by Gasteiger charge is 2.09. The van der Waals surface area contributed by atoms with E-state index in [1.807, 2.05) is 54.7 Å². The molecule has 1 unspecified atom stereocenters. The zero-order valence-electron chi connectivity index (χ0n) is 13.7. The van der Waals surface area contributed by atoms with E-state index in [0.29, 0.717) is 6.54 Å². The number of aromatic nitrogens is 5. The first-order valence-electron chi connectivity index (χ1n) is 8.11. The topological polar surface area (TPSA) is 91.4 Å². The molecule has 4 rings (SSSR count). The highest BCUT2D eigenvalue weighted by Crippen LogP contribution is 2.17. The van der Waals surface area contributed by atoms with Crippen molar-refractivity contribution in [2.45, 2.75) is 19.5 Å². The Labute approximate surface area is 143 Å². The molecular formula is C18H18N6O. The number of fused-ring (bicyclic) bond motifs is 1. The van der Waals surface area contributed by atoms with Crippen LogP contribution in [-0.4, -0.2) is 25.0 Å². The van der Waals surface area contributed by atoms with Crippen LogP contribution in [0.25, 0.3) is 16.7 Å². The van der Waals surface area contributed by atoms with Gasteiger partial charge in [-0.25, -0.2) is 9.48 Å². The maximum atomic E-state index is 11.4. The van der Waals surface area contributed by atoms with Crippen LogP contribution in [0.2, 0.25) is 0 Å². The zero-order chi connectivity index (χ0) is 17.2. The number of aromatic amines is 2. The van der Waals surface area contributed by atoms with Crippen molar-refractivity contribution in [2.24, 2.45) is 0 Å². The van der Waals surface area contributed by atoms with E-state index < -0.39 is 0 Å². The molecule has 0 saturated heterocycles. The molecule has 0 amide bonds. The first-order valence-corrected chi connectivity index (χ1v) is 8.11. The van der Waals surface area contributed by atoms with Crippen molar-refractivity contribution in [1.29, 1.82) is 0 Å². The lowest BCUT2D eigenvalue weighted by molar-refractivity contribution is 0.567. The molecule has 7 nitrogen and oxygen atoms in total. The van der Waals surface area contributed by atoms with Gasteiger partial charge < -0.3 is 15.3 Å². The molecule has 0 aliphatic rings. The molecule has 3 N–H and O–H groups in total. The minimum Gasteiger partial charge on any atom is -0.306 e. The molecular weight excluding hydrogens is 316 g/mol. The Morgan fingerprint density at radius 1 is 1.12 bits per heavy atom. The highest BCUT2D eigenvalue weighted by atomic mass is 16.1. The first-order chi connectivity index (χ1) is 12.2. The lowest BCUT2D eigenvalue weighted by Crippen LogP contribution is -2.18. The summed E-state index contributed by atoms with van der Waals surface area (Å²) in [4.78, 5) is 16.9. The van der Waals surface area contributed by atoms with Crippen LogP contribution >= 0.6 is 0 Å². The van der Waals surface area contributed by atoms with E-state index in [4.69, 9.17) is 0 Å². The van der Waals surface area contributed by atoms with E-state index in [2.05, 4.69) is 32.5 Å². The molecule has 2 heterocycles. The average Bonchev–Trinajstić information content (AvgIpc) is 3.25. The molecule has 0 bridgehead atoms. The normalized spacial score (nSPS) is 12.5. The van der Waals surface area contributed by atoms with Crippen LogP contribution in [0.5, 0.6) is 0 Å². The van der Waals surface area contributed by atoms with Gasteiger partial charge in [-0.1, -0.05) is 29.5 Å². The van der Waals surface area contributed by atoms with E-state index in [1.165, 1.54) is 0 Å². The Kier molecular flexibility index (Phi) is 3.91. The van der Waals surface area contributed by atoms with Crippen molar-refractivity contribution in [1.82, 2.24) is 30.3 Å². The fourth-order valence-corrected chi connectivity index (χ4v) is 2.78. The summed E-state index contributed by atoms with van der Waals surface area (Å²) in [7, 11) is 0. The molecule has 25 heavy (non-hydrogen) atoms. The Bertz CT molecular complexity index is 1050. The summed E-state index contributed by atoms with van der Waals surface area (Å²) in [6.45, 7) is 2.68. The summed E-state index contributed by atoms with van der Waals surface area (Å²) < 4.78 is 1.76. The van der Waals surface area contributed by atoms with Crippen molar-refractivity contribution in [3.63, 3.8) is 0 Å². The van der Waals surface area contributed by atoms with Crippen LogP contribution in [0.3, 0.4) is 0 Å². The van der Waals surface area contributed by atoms with Gasteiger partial charge in [-0.05, 0) is 36.8 Å². The molecule has 0 radical (unpaired) electrons. The van der Waals surface area contributed by atoms with Crippen molar-refractivity contribution < 1.29 is 0 Å². The molecule has 7 heteroatoms.